The molecule has 3 aliphatic rings. The maximum atomic E-state index is 14.1. The maximum absolute atomic E-state index is 14.1. The minimum atomic E-state index is -3.79. The lowest BCUT2D eigenvalue weighted by Crippen LogP contribution is -2.55. The zero-order valence-electron chi connectivity index (χ0n) is 57.4. The summed E-state index contributed by atoms with van der Waals surface area (Å²) in [5.74, 6) is -2.29. The third-order valence-electron chi connectivity index (χ3n) is 18.5. The number of nitrogens with zero attached hydrogens (tertiary/aromatic N) is 11. The first kappa shape index (κ1) is 74.3. The fourth-order valence-electron chi connectivity index (χ4n) is 13.0. The predicted molar refractivity (Wildman–Crippen MR) is 411 cm³/mol. The van der Waals surface area contributed by atoms with Crippen molar-refractivity contribution in [2.45, 2.75) is 73.2 Å². The van der Waals surface area contributed by atoms with Gasteiger partial charge in [0.05, 0.1) is 20.2 Å². The number of pyridine rings is 1. The first-order chi connectivity index (χ1) is 50.3. The Hall–Kier alpha value is -10.4. The molecule has 0 bridgehead atoms. The van der Waals surface area contributed by atoms with Crippen LogP contribution >= 0.6 is 22.7 Å². The Morgan fingerprint density at radius 1 is 0.552 bits per heavy atom. The van der Waals surface area contributed by atoms with E-state index in [2.05, 4.69) is 62.5 Å². The van der Waals surface area contributed by atoms with E-state index < -0.39 is 65.3 Å². The number of nitrogens with one attached hydrogen (secondary N) is 3. The van der Waals surface area contributed by atoms with Crippen LogP contribution in [-0.4, -0.2) is 164 Å². The lowest BCUT2D eigenvalue weighted by Gasteiger charge is -2.42. The monoisotopic (exact) mass is 1530 g/mol. The van der Waals surface area contributed by atoms with Crippen molar-refractivity contribution in [3.63, 3.8) is 0 Å². The molecular formula is C73H85F3N14O10S5. The fourth-order valence-corrected chi connectivity index (χ4v) is 17.5. The van der Waals surface area contributed by atoms with Crippen LogP contribution in [0, 0.1) is 24.4 Å². The molecule has 24 nitrogen and oxygen atoms in total. The first-order valence-electron chi connectivity index (χ1n) is 33.5. The molecule has 4 atom stereocenters. The second-order valence-electron chi connectivity index (χ2n) is 25.3. The van der Waals surface area contributed by atoms with Crippen LogP contribution in [0.25, 0.3) is 21.8 Å². The number of benzene rings is 6. The van der Waals surface area contributed by atoms with Gasteiger partial charge in [0.25, 0.3) is 36.0 Å². The van der Waals surface area contributed by atoms with Crippen molar-refractivity contribution < 1.29 is 65.0 Å². The summed E-state index contributed by atoms with van der Waals surface area (Å²) in [6, 6.07) is 43.7. The number of hydrogen-bond acceptors (Lipinski definition) is 18. The zero-order valence-corrected chi connectivity index (χ0v) is 61.4. The molecule has 105 heavy (non-hydrogen) atoms. The number of aliphatic hydroxyl groups is 1. The van der Waals surface area contributed by atoms with Crippen molar-refractivity contribution in [1.29, 1.82) is 0 Å². The minimum absolute atomic E-state index is 0. The van der Waals surface area contributed by atoms with E-state index in [1.165, 1.54) is 52.0 Å². The molecule has 3 aliphatic heterocycles. The summed E-state index contributed by atoms with van der Waals surface area (Å²) in [6.45, 7) is 13.3. The number of thiazole rings is 2. The van der Waals surface area contributed by atoms with Crippen molar-refractivity contribution in [2.75, 3.05) is 94.3 Å². The molecule has 0 spiro atoms. The van der Waals surface area contributed by atoms with E-state index in [1.54, 1.807) is 108 Å². The summed E-state index contributed by atoms with van der Waals surface area (Å²) in [6.07, 6.45) is 4.55. The van der Waals surface area contributed by atoms with Gasteiger partial charge in [-0.2, -0.15) is 0 Å². The molecule has 6 aromatic carbocycles. The van der Waals surface area contributed by atoms with Crippen LogP contribution in [-0.2, 0) is 51.0 Å². The average Bonchev–Trinajstić information content (AvgIpc) is 1.56. The molecule has 32 heteroatoms. The first-order valence-corrected chi connectivity index (χ1v) is 39.7. The molecule has 11 aromatic rings. The molecule has 8 heterocycles. The standard InChI is InChI=1S/C25H26FN5O3S2.C25H27N5O3S2.C23H22F2N4O4S.5H2/c1-17-16-29(19-6-8-20(9-7-19)36(33,34)28-25-27-11-15-35-25)13-14-30(17)24(32)18(2)31-12-10-21-22(26)4-3-5-23(21)31;1-18-15-20-5-3-4-6-23(20)30(18)17-24(31)29-13-12-28(16-19(29)2)21-7-9-22(10-8-21)35(32,33)27-25-26-11-14-34-25;24-16-4-9-20(25)19(15-16)22(30)23(31)29-13-11-28(12-14-29)17-5-7-18(8-6-17)34(32,33)27-21-3-1-2-10-26-21;;;;;/h3-12,15,17-18H,13-14,16H2,1-2H3,(H,27,28);3-11,14-15,19H,12-13,16-17H2,1-2H3,(H,26,27);1-10,15,22,30H,11-14H2,(H,26,27);5*1H/t17-,18+;19-;;;;;;/m00....../s1. The second kappa shape index (κ2) is 31.9. The van der Waals surface area contributed by atoms with Crippen molar-refractivity contribution in [3.05, 3.63) is 228 Å². The summed E-state index contributed by atoms with van der Waals surface area (Å²) in [5, 5.41) is 16.0. The van der Waals surface area contributed by atoms with Crippen molar-refractivity contribution in [1.82, 2.24) is 38.8 Å². The molecule has 0 saturated carbocycles. The van der Waals surface area contributed by atoms with Crippen LogP contribution in [0.4, 0.5) is 46.3 Å². The van der Waals surface area contributed by atoms with E-state index >= 15 is 0 Å². The Bertz CT molecular complexity index is 5260. The number of aliphatic hydroxyl groups excluding tert-OH is 1. The number of fused-ring (bicyclic) bond motifs is 2. The Labute approximate surface area is 621 Å². The molecule has 4 N–H and O–H groups in total. The molecular weight excluding hydrogens is 1450 g/mol. The van der Waals surface area contributed by atoms with E-state index in [0.29, 0.717) is 80.1 Å². The quantitative estimate of drug-likeness (QED) is 0.0621. The molecule has 3 amide bonds. The van der Waals surface area contributed by atoms with Crippen LogP contribution in [0.3, 0.4) is 0 Å². The van der Waals surface area contributed by atoms with Crippen LogP contribution in [0.15, 0.2) is 214 Å². The molecule has 0 radical (unpaired) electrons. The molecule has 1 unspecified atom stereocenters. The Morgan fingerprint density at radius 2 is 1.08 bits per heavy atom. The van der Waals surface area contributed by atoms with Gasteiger partial charge in [-0.25, -0.2) is 53.4 Å². The van der Waals surface area contributed by atoms with E-state index in [-0.39, 0.29) is 70.4 Å². The molecule has 5 aromatic heterocycles. The smallest absolute Gasteiger partial charge is 0.263 e. The second-order valence-corrected chi connectivity index (χ2v) is 32.1. The van der Waals surface area contributed by atoms with Crippen LogP contribution in [0.5, 0.6) is 0 Å². The summed E-state index contributed by atoms with van der Waals surface area (Å²) in [5.41, 5.74) is 5.03. The highest BCUT2D eigenvalue weighted by atomic mass is 32.2. The van der Waals surface area contributed by atoms with Crippen molar-refractivity contribution >= 4 is 125 Å². The molecule has 3 fully saturated rings. The van der Waals surface area contributed by atoms with Gasteiger partial charge in [0.15, 0.2) is 16.4 Å². The lowest BCUT2D eigenvalue weighted by molar-refractivity contribution is -0.141. The number of rotatable bonds is 18. The highest BCUT2D eigenvalue weighted by Crippen LogP contribution is 2.31. The average molecular weight is 1540 g/mol. The number of aryl methyl sites for hydroxylation is 1. The SMILES string of the molecule is C[C@H](C(=O)N1CCN(c2ccc(S(=O)(=O)Nc3nccs3)cc2)C[C@@H]1C)n1ccc2c(F)cccc21.Cc1cc2ccccc2n1CC(=O)N1CCN(c2ccc(S(=O)(=O)Nc3nccs3)cc2)C[C@@H]1C.O=C(C(O)c1cc(F)ccc1F)N1CCN(c2ccc(S(=O)(=O)Nc3ccccn3)cc2)CC1.[HH].[HH].[HH].[HH].[HH]. The Balaban J connectivity index is 0.000000224. The van der Waals surface area contributed by atoms with Crippen molar-refractivity contribution in [2.24, 2.45) is 0 Å². The van der Waals surface area contributed by atoms with E-state index in [0.717, 1.165) is 51.9 Å². The highest BCUT2D eigenvalue weighted by Gasteiger charge is 2.34. The van der Waals surface area contributed by atoms with Gasteiger partial charge >= 0.3 is 0 Å². The van der Waals surface area contributed by atoms with Gasteiger partial charge in [-0.3, -0.25) is 28.5 Å². The molecule has 0 aliphatic carbocycles. The van der Waals surface area contributed by atoms with Crippen LogP contribution in [0.1, 0.15) is 51.3 Å². The third kappa shape index (κ3) is 17.2. The minimum Gasteiger partial charge on any atom is -0.378 e. The maximum Gasteiger partial charge on any atom is 0.263 e. The predicted octanol–water partition coefficient (Wildman–Crippen LogP) is 12.1. The van der Waals surface area contributed by atoms with Crippen LogP contribution in [0.2, 0.25) is 0 Å². The van der Waals surface area contributed by atoms with Gasteiger partial charge in [0, 0.05) is 159 Å². The molecule has 14 rings (SSSR count). The Kier molecular flexibility index (Phi) is 22.6. The topological polar surface area (TPSA) is 278 Å². The normalized spacial score (nSPS) is 16.4. The van der Waals surface area contributed by atoms with Gasteiger partial charge in [0.1, 0.15) is 35.9 Å². The number of hydrogen-bond donors (Lipinski definition) is 4. The number of para-hydroxylation sites is 1. The number of anilines is 6. The summed E-state index contributed by atoms with van der Waals surface area (Å²) in [7, 11) is -11.2. The van der Waals surface area contributed by atoms with E-state index in [1.807, 2.05) is 76.4 Å². The summed E-state index contributed by atoms with van der Waals surface area (Å²) < 4.78 is 128. The zero-order chi connectivity index (χ0) is 74.3. The number of amides is 3. The van der Waals surface area contributed by atoms with Gasteiger partial charge in [-0.1, -0.05) is 30.3 Å². The lowest BCUT2D eigenvalue weighted by atomic mass is 10.1. The van der Waals surface area contributed by atoms with Gasteiger partial charge in [-0.15, -0.1) is 22.7 Å². The largest absolute Gasteiger partial charge is 0.378 e. The van der Waals surface area contributed by atoms with E-state index in [9.17, 15) is 57.9 Å². The molecule has 3 saturated heterocycles. The van der Waals surface area contributed by atoms with E-state index in [4.69, 9.17) is 0 Å². The molecule has 558 valence electrons. The number of piperazine rings is 3. The summed E-state index contributed by atoms with van der Waals surface area (Å²) >= 11 is 2.45. The van der Waals surface area contributed by atoms with Crippen molar-refractivity contribution in [3.8, 4) is 0 Å². The third-order valence-corrected chi connectivity index (χ3v) is 24.2. The number of sulfonamides is 3. The van der Waals surface area contributed by atoms with Gasteiger partial charge < -0.3 is 43.6 Å². The van der Waals surface area contributed by atoms with Gasteiger partial charge in [0.2, 0.25) is 11.8 Å². The highest BCUT2D eigenvalue weighted by molar-refractivity contribution is 7.93. The Morgan fingerprint density at radius 3 is 1.62 bits per heavy atom. The fraction of sp³-hybridized carbons (Fsp3) is 0.260. The number of aromatic nitrogens is 5. The van der Waals surface area contributed by atoms with Gasteiger partial charge in [-0.05, 0) is 167 Å². The van der Waals surface area contributed by atoms with Crippen LogP contribution < -0.4 is 28.9 Å². The number of carbonyl (C=O) groups excluding carboxylic acids is 3. The summed E-state index contributed by atoms with van der Waals surface area (Å²) in [4.78, 5) is 63.0. The number of carbonyl (C=O) groups is 3. The number of halogens is 3.